The van der Waals surface area contributed by atoms with Crippen molar-refractivity contribution in [3.8, 4) is 17.0 Å². The molecule has 0 atom stereocenters. The second-order valence-corrected chi connectivity index (χ2v) is 4.42. The second kappa shape index (κ2) is 4.65. The largest absolute Gasteiger partial charge is 0.508 e. The third-order valence-electron chi connectivity index (χ3n) is 3.02. The van der Waals surface area contributed by atoms with E-state index in [-0.39, 0.29) is 21.1 Å². The fourth-order valence-corrected chi connectivity index (χ4v) is 1.97. The van der Waals surface area contributed by atoms with Crippen LogP contribution < -0.4 is 0 Å². The Morgan fingerprint density at radius 1 is 1.24 bits per heavy atom. The van der Waals surface area contributed by atoms with Crippen molar-refractivity contribution in [3.05, 3.63) is 36.3 Å². The Hall–Kier alpha value is -1.08. The number of aryl methyl sites for hydroxylation is 1. The molecule has 0 spiro atoms. The molecule has 1 heterocycles. The van der Waals surface area contributed by atoms with Crippen molar-refractivity contribution in [2.45, 2.75) is 18.8 Å². The van der Waals surface area contributed by atoms with Crippen LogP contribution in [0.4, 0.5) is 0 Å². The summed E-state index contributed by atoms with van der Waals surface area (Å²) < 4.78 is 2.11. The van der Waals surface area contributed by atoms with Gasteiger partial charge in [-0.2, -0.15) is 0 Å². The quantitative estimate of drug-likeness (QED) is 0.829. The first-order chi connectivity index (χ1) is 7.74. The van der Waals surface area contributed by atoms with Crippen LogP contribution in [0.2, 0.25) is 0 Å². The Morgan fingerprint density at radius 3 is 2.47 bits per heavy atom. The van der Waals surface area contributed by atoms with Crippen LogP contribution in [0.25, 0.3) is 11.3 Å². The van der Waals surface area contributed by atoms with Gasteiger partial charge in [0.25, 0.3) is 0 Å². The first kappa shape index (κ1) is 12.4. The van der Waals surface area contributed by atoms with Gasteiger partial charge < -0.3 is 9.67 Å². The van der Waals surface area contributed by atoms with Gasteiger partial charge in [0.1, 0.15) is 11.6 Å². The standard InChI is InChI=1S/C13H14N2O.Pt/c1-15-8-12(14-13(15)10-2-3-10)9-4-6-11(16)7-5-9;/h4-8,10,16H,2-3H2,1H3;. The molecule has 1 aliphatic carbocycles. The number of hydrogen-bond donors (Lipinski definition) is 1. The number of imidazole rings is 1. The fraction of sp³-hybridized carbons (Fsp3) is 0.308. The van der Waals surface area contributed by atoms with Crippen molar-refractivity contribution in [2.24, 2.45) is 7.05 Å². The van der Waals surface area contributed by atoms with Crippen LogP contribution in [0, 0.1) is 0 Å². The van der Waals surface area contributed by atoms with Crippen LogP contribution >= 0.6 is 0 Å². The number of phenolic OH excluding ortho intramolecular Hbond substituents is 1. The van der Waals surface area contributed by atoms with Gasteiger partial charge in [0, 0.05) is 45.8 Å². The maximum Gasteiger partial charge on any atom is 0.115 e. The molecule has 0 aliphatic heterocycles. The molecule has 2 aromatic rings. The number of rotatable bonds is 2. The smallest absolute Gasteiger partial charge is 0.115 e. The van der Waals surface area contributed by atoms with E-state index >= 15 is 0 Å². The maximum atomic E-state index is 9.24. The van der Waals surface area contributed by atoms with E-state index in [0.29, 0.717) is 11.7 Å². The molecular weight excluding hydrogens is 395 g/mol. The summed E-state index contributed by atoms with van der Waals surface area (Å²) in [5, 5.41) is 9.24. The molecule has 17 heavy (non-hydrogen) atoms. The molecule has 1 fully saturated rings. The number of aromatic hydroxyl groups is 1. The normalized spacial score (nSPS) is 14.4. The Morgan fingerprint density at radius 2 is 1.88 bits per heavy atom. The van der Waals surface area contributed by atoms with Crippen molar-refractivity contribution in [2.75, 3.05) is 0 Å². The molecule has 1 aliphatic rings. The Balaban J connectivity index is 0.00000108. The van der Waals surface area contributed by atoms with Gasteiger partial charge in [0.2, 0.25) is 0 Å². The molecule has 4 heteroatoms. The maximum absolute atomic E-state index is 9.24. The minimum Gasteiger partial charge on any atom is -0.508 e. The predicted molar refractivity (Wildman–Crippen MR) is 62.3 cm³/mol. The number of aromatic nitrogens is 2. The van der Waals surface area contributed by atoms with Gasteiger partial charge in [-0.15, -0.1) is 0 Å². The summed E-state index contributed by atoms with van der Waals surface area (Å²) in [5.74, 6) is 2.14. The average molecular weight is 409 g/mol. The number of hydrogen-bond acceptors (Lipinski definition) is 2. The Bertz CT molecular complexity index is 515. The molecule has 92 valence electrons. The predicted octanol–water partition coefficient (Wildman–Crippen LogP) is 2.67. The first-order valence-electron chi connectivity index (χ1n) is 5.57. The van der Waals surface area contributed by atoms with Crippen molar-refractivity contribution in [1.29, 1.82) is 0 Å². The average Bonchev–Trinajstić information content (AvgIpc) is 3.04. The van der Waals surface area contributed by atoms with Gasteiger partial charge in [0.15, 0.2) is 0 Å². The minimum atomic E-state index is 0. The minimum absolute atomic E-state index is 0. The number of benzene rings is 1. The second-order valence-electron chi connectivity index (χ2n) is 4.42. The van der Waals surface area contributed by atoms with E-state index in [1.807, 2.05) is 19.2 Å². The van der Waals surface area contributed by atoms with Gasteiger partial charge >= 0.3 is 0 Å². The topological polar surface area (TPSA) is 38.0 Å². The molecule has 0 radical (unpaired) electrons. The van der Waals surface area contributed by atoms with E-state index in [0.717, 1.165) is 11.3 Å². The van der Waals surface area contributed by atoms with Gasteiger partial charge in [0.05, 0.1) is 5.69 Å². The van der Waals surface area contributed by atoms with Crippen molar-refractivity contribution in [1.82, 2.24) is 9.55 Å². The van der Waals surface area contributed by atoms with Crippen molar-refractivity contribution < 1.29 is 26.2 Å². The zero-order chi connectivity index (χ0) is 11.1. The Kier molecular flexibility index (Phi) is 3.39. The van der Waals surface area contributed by atoms with Gasteiger partial charge in [-0.25, -0.2) is 4.98 Å². The molecule has 0 bridgehead atoms. The van der Waals surface area contributed by atoms with Crippen LogP contribution in [-0.4, -0.2) is 14.7 Å². The summed E-state index contributed by atoms with van der Waals surface area (Å²) >= 11 is 0. The summed E-state index contributed by atoms with van der Waals surface area (Å²) in [6.45, 7) is 0. The number of phenols is 1. The van der Waals surface area contributed by atoms with Crippen LogP contribution in [0.1, 0.15) is 24.6 Å². The molecule has 3 rings (SSSR count). The van der Waals surface area contributed by atoms with E-state index in [1.165, 1.54) is 18.7 Å². The van der Waals surface area contributed by atoms with E-state index < -0.39 is 0 Å². The van der Waals surface area contributed by atoms with Crippen LogP contribution in [0.5, 0.6) is 5.75 Å². The molecule has 0 unspecified atom stereocenters. The molecule has 1 saturated carbocycles. The van der Waals surface area contributed by atoms with Gasteiger partial charge in [-0.3, -0.25) is 0 Å². The zero-order valence-corrected chi connectivity index (χ0v) is 11.8. The number of nitrogens with zero attached hydrogens (tertiary/aromatic N) is 2. The monoisotopic (exact) mass is 409 g/mol. The van der Waals surface area contributed by atoms with E-state index in [2.05, 4.69) is 15.7 Å². The summed E-state index contributed by atoms with van der Waals surface area (Å²) in [6.07, 6.45) is 4.58. The van der Waals surface area contributed by atoms with Crippen LogP contribution in [-0.2, 0) is 28.1 Å². The van der Waals surface area contributed by atoms with Crippen LogP contribution in [0.3, 0.4) is 0 Å². The summed E-state index contributed by atoms with van der Waals surface area (Å²) in [7, 11) is 2.05. The first-order valence-corrected chi connectivity index (χ1v) is 5.57. The van der Waals surface area contributed by atoms with Crippen LogP contribution in [0.15, 0.2) is 30.5 Å². The molecule has 0 saturated heterocycles. The third kappa shape index (κ3) is 2.44. The summed E-state index contributed by atoms with van der Waals surface area (Å²) in [5.41, 5.74) is 2.05. The molecule has 1 aromatic carbocycles. The summed E-state index contributed by atoms with van der Waals surface area (Å²) in [6, 6.07) is 7.18. The van der Waals surface area contributed by atoms with E-state index in [4.69, 9.17) is 0 Å². The molecule has 1 N–H and O–H groups in total. The molecule has 3 nitrogen and oxygen atoms in total. The van der Waals surface area contributed by atoms with Gasteiger partial charge in [-0.1, -0.05) is 0 Å². The molecule has 0 amide bonds. The Labute approximate surface area is 115 Å². The zero-order valence-electron chi connectivity index (χ0n) is 9.54. The van der Waals surface area contributed by atoms with E-state index in [1.54, 1.807) is 12.1 Å². The van der Waals surface area contributed by atoms with Crippen molar-refractivity contribution >= 4 is 0 Å². The molecular formula is C13H14N2OPt. The molecule has 1 aromatic heterocycles. The summed E-state index contributed by atoms with van der Waals surface area (Å²) in [4.78, 5) is 4.65. The SMILES string of the molecule is Cn1cc(-c2ccc(O)cc2)nc1C1CC1.[Pt]. The van der Waals surface area contributed by atoms with Gasteiger partial charge in [-0.05, 0) is 37.1 Å². The van der Waals surface area contributed by atoms with Crippen molar-refractivity contribution in [3.63, 3.8) is 0 Å². The van der Waals surface area contributed by atoms with E-state index in [9.17, 15) is 5.11 Å². The fourth-order valence-electron chi connectivity index (χ4n) is 1.97. The third-order valence-corrected chi connectivity index (χ3v) is 3.02.